The van der Waals surface area contributed by atoms with E-state index in [1.54, 1.807) is 0 Å². The lowest BCUT2D eigenvalue weighted by atomic mass is 10.3. The summed E-state index contributed by atoms with van der Waals surface area (Å²) < 4.78 is 2.58. The Kier molecular flexibility index (Phi) is 3.23. The summed E-state index contributed by atoms with van der Waals surface area (Å²) in [4.78, 5) is 4.51. The molecule has 3 rings (SSSR count). The van der Waals surface area contributed by atoms with Crippen molar-refractivity contribution < 1.29 is 0 Å². The quantitative estimate of drug-likeness (QED) is 0.775. The second-order valence-corrected chi connectivity index (χ2v) is 5.90. The fraction of sp³-hybridized carbons (Fsp3) is 0.214. The number of aromatic nitrogens is 3. The van der Waals surface area contributed by atoms with E-state index in [1.807, 2.05) is 38.1 Å². The highest BCUT2D eigenvalue weighted by Gasteiger charge is 2.19. The van der Waals surface area contributed by atoms with E-state index < -0.39 is 0 Å². The van der Waals surface area contributed by atoms with Gasteiger partial charge in [-0.3, -0.25) is 0 Å². The van der Waals surface area contributed by atoms with Gasteiger partial charge in [-0.2, -0.15) is 9.94 Å². The van der Waals surface area contributed by atoms with Crippen LogP contribution >= 0.6 is 11.3 Å². The maximum absolute atomic E-state index is 9.27. The maximum Gasteiger partial charge on any atom is 0.213 e. The van der Waals surface area contributed by atoms with Crippen LogP contribution in [0.5, 0.6) is 0 Å². The second-order valence-electron chi connectivity index (χ2n) is 4.90. The molecular formula is C14H14N6S. The highest BCUT2D eigenvalue weighted by molar-refractivity contribution is 7.20. The van der Waals surface area contributed by atoms with Gasteiger partial charge in [0.25, 0.3) is 0 Å². The molecule has 0 aliphatic carbocycles. The van der Waals surface area contributed by atoms with Gasteiger partial charge in [0.05, 0.1) is 10.2 Å². The van der Waals surface area contributed by atoms with Crippen LogP contribution < -0.4 is 11.1 Å². The standard InChI is InChI=1S/C14H14N6S/c1-8(2)17-13-9(7-15)12(16)20(19-13)14-18-10-5-3-4-6-11(10)21-14/h3-6,8H,16H2,1-2H3,(H,17,19). The molecular weight excluding hydrogens is 284 g/mol. The van der Waals surface area contributed by atoms with Gasteiger partial charge in [-0.15, -0.1) is 5.10 Å². The molecule has 2 heterocycles. The van der Waals surface area contributed by atoms with E-state index in [2.05, 4.69) is 21.5 Å². The largest absolute Gasteiger partial charge is 0.382 e. The fourth-order valence-corrected chi connectivity index (χ4v) is 2.94. The van der Waals surface area contributed by atoms with E-state index in [9.17, 15) is 5.26 Å². The number of anilines is 2. The molecule has 0 saturated carbocycles. The van der Waals surface area contributed by atoms with E-state index >= 15 is 0 Å². The topological polar surface area (TPSA) is 92.6 Å². The van der Waals surface area contributed by atoms with Gasteiger partial charge in [0, 0.05) is 6.04 Å². The van der Waals surface area contributed by atoms with Crippen LogP contribution in [0, 0.1) is 11.3 Å². The van der Waals surface area contributed by atoms with Crippen molar-refractivity contribution in [1.29, 1.82) is 5.26 Å². The van der Waals surface area contributed by atoms with E-state index in [4.69, 9.17) is 5.73 Å². The number of benzene rings is 1. The second kappa shape index (κ2) is 5.07. The van der Waals surface area contributed by atoms with Crippen molar-refractivity contribution in [2.45, 2.75) is 19.9 Å². The molecule has 7 heteroatoms. The number of nitrogen functional groups attached to an aromatic ring is 1. The molecule has 2 aromatic heterocycles. The third-order valence-electron chi connectivity index (χ3n) is 2.92. The number of thiazole rings is 1. The van der Waals surface area contributed by atoms with Crippen LogP contribution in [0.2, 0.25) is 0 Å². The van der Waals surface area contributed by atoms with Crippen molar-refractivity contribution >= 4 is 33.2 Å². The Morgan fingerprint density at radius 1 is 1.38 bits per heavy atom. The van der Waals surface area contributed by atoms with E-state index in [-0.39, 0.29) is 6.04 Å². The Morgan fingerprint density at radius 3 is 2.81 bits per heavy atom. The molecule has 0 bridgehead atoms. The lowest BCUT2D eigenvalue weighted by Crippen LogP contribution is -2.11. The van der Waals surface area contributed by atoms with Gasteiger partial charge in [0.2, 0.25) is 5.13 Å². The Bertz CT molecular complexity index is 806. The number of nitrogens with two attached hydrogens (primary N) is 1. The first kappa shape index (κ1) is 13.4. The molecule has 0 spiro atoms. The van der Waals surface area contributed by atoms with Gasteiger partial charge in [0.15, 0.2) is 5.82 Å². The number of fused-ring (bicyclic) bond motifs is 1. The summed E-state index contributed by atoms with van der Waals surface area (Å²) in [5, 5.41) is 17.5. The number of hydrogen-bond acceptors (Lipinski definition) is 6. The molecule has 0 saturated heterocycles. The molecule has 0 radical (unpaired) electrons. The monoisotopic (exact) mass is 298 g/mol. The maximum atomic E-state index is 9.27. The minimum absolute atomic E-state index is 0.162. The molecule has 3 N–H and O–H groups in total. The Labute approximate surface area is 125 Å². The van der Waals surface area contributed by atoms with Gasteiger partial charge in [-0.25, -0.2) is 4.98 Å². The van der Waals surface area contributed by atoms with Crippen molar-refractivity contribution in [3.8, 4) is 11.2 Å². The number of hydrogen-bond donors (Lipinski definition) is 2. The van der Waals surface area contributed by atoms with E-state index in [0.717, 1.165) is 10.2 Å². The minimum Gasteiger partial charge on any atom is -0.382 e. The summed E-state index contributed by atoms with van der Waals surface area (Å²) in [5.74, 6) is 0.795. The summed E-state index contributed by atoms with van der Waals surface area (Å²) in [6, 6.07) is 10.1. The van der Waals surface area contributed by atoms with Crippen LogP contribution in [0.4, 0.5) is 11.6 Å². The number of nitrogens with zero attached hydrogens (tertiary/aromatic N) is 4. The third-order valence-corrected chi connectivity index (χ3v) is 3.93. The predicted octanol–water partition coefficient (Wildman–Crippen LogP) is 2.76. The van der Waals surface area contributed by atoms with Crippen molar-refractivity contribution in [2.24, 2.45) is 0 Å². The molecule has 21 heavy (non-hydrogen) atoms. The predicted molar refractivity (Wildman–Crippen MR) is 84.6 cm³/mol. The first-order chi connectivity index (χ1) is 10.1. The lowest BCUT2D eigenvalue weighted by Gasteiger charge is -2.05. The summed E-state index contributed by atoms with van der Waals surface area (Å²) in [5.41, 5.74) is 7.29. The average Bonchev–Trinajstić information content (AvgIpc) is 2.99. The molecule has 0 unspecified atom stereocenters. The molecule has 0 aliphatic rings. The molecule has 1 aromatic carbocycles. The third kappa shape index (κ3) is 2.30. The van der Waals surface area contributed by atoms with Crippen LogP contribution in [0.15, 0.2) is 24.3 Å². The highest BCUT2D eigenvalue weighted by atomic mass is 32.1. The van der Waals surface area contributed by atoms with Gasteiger partial charge < -0.3 is 11.1 Å². The van der Waals surface area contributed by atoms with Crippen molar-refractivity contribution in [3.05, 3.63) is 29.8 Å². The van der Waals surface area contributed by atoms with Crippen molar-refractivity contribution in [2.75, 3.05) is 11.1 Å². The molecule has 0 atom stereocenters. The fourth-order valence-electron chi connectivity index (χ4n) is 2.01. The van der Waals surface area contributed by atoms with Gasteiger partial charge in [-0.1, -0.05) is 23.5 Å². The van der Waals surface area contributed by atoms with Crippen LogP contribution in [0.3, 0.4) is 0 Å². The van der Waals surface area contributed by atoms with Crippen molar-refractivity contribution in [1.82, 2.24) is 14.8 Å². The van der Waals surface area contributed by atoms with Crippen LogP contribution in [-0.4, -0.2) is 20.8 Å². The summed E-state index contributed by atoms with van der Waals surface area (Å²) in [6.45, 7) is 3.96. The SMILES string of the molecule is CC(C)Nc1nn(-c2nc3ccccc3s2)c(N)c1C#N. The lowest BCUT2D eigenvalue weighted by molar-refractivity contribution is 0.847. The van der Waals surface area contributed by atoms with Gasteiger partial charge >= 0.3 is 0 Å². The minimum atomic E-state index is 0.162. The Balaban J connectivity index is 2.14. The summed E-state index contributed by atoms with van der Waals surface area (Å²) in [7, 11) is 0. The van der Waals surface area contributed by atoms with Gasteiger partial charge in [0.1, 0.15) is 17.5 Å². The Hall–Kier alpha value is -2.59. The molecule has 106 valence electrons. The highest BCUT2D eigenvalue weighted by Crippen LogP contribution is 2.29. The number of para-hydroxylation sites is 1. The first-order valence-corrected chi connectivity index (χ1v) is 7.33. The zero-order valence-electron chi connectivity index (χ0n) is 11.7. The average molecular weight is 298 g/mol. The Morgan fingerprint density at radius 2 is 2.14 bits per heavy atom. The summed E-state index contributed by atoms with van der Waals surface area (Å²) >= 11 is 1.49. The first-order valence-electron chi connectivity index (χ1n) is 6.51. The summed E-state index contributed by atoms with van der Waals surface area (Å²) in [6.07, 6.45) is 0. The zero-order valence-corrected chi connectivity index (χ0v) is 12.5. The molecule has 0 amide bonds. The van der Waals surface area contributed by atoms with Crippen LogP contribution in [-0.2, 0) is 0 Å². The molecule has 0 fully saturated rings. The van der Waals surface area contributed by atoms with Crippen LogP contribution in [0.25, 0.3) is 15.3 Å². The zero-order chi connectivity index (χ0) is 15.0. The van der Waals surface area contributed by atoms with Gasteiger partial charge in [-0.05, 0) is 26.0 Å². The smallest absolute Gasteiger partial charge is 0.213 e. The molecule has 0 aliphatic heterocycles. The van der Waals surface area contributed by atoms with E-state index in [1.165, 1.54) is 16.0 Å². The normalized spacial score (nSPS) is 11.0. The number of rotatable bonds is 3. The van der Waals surface area contributed by atoms with Crippen molar-refractivity contribution in [3.63, 3.8) is 0 Å². The molecule has 3 aromatic rings. The number of nitriles is 1. The van der Waals surface area contributed by atoms with E-state index in [0.29, 0.717) is 22.3 Å². The number of nitrogens with one attached hydrogen (secondary N) is 1. The van der Waals surface area contributed by atoms with Crippen LogP contribution in [0.1, 0.15) is 19.4 Å². The molecule has 6 nitrogen and oxygen atoms in total.